The van der Waals surface area contributed by atoms with Crippen molar-refractivity contribution in [1.29, 1.82) is 0 Å². The fourth-order valence-corrected chi connectivity index (χ4v) is 3.19. The van der Waals surface area contributed by atoms with Gasteiger partial charge < -0.3 is 10.4 Å². The molecule has 0 fully saturated rings. The van der Waals surface area contributed by atoms with Gasteiger partial charge in [-0.2, -0.15) is 0 Å². The standard InChI is InChI=1S/C12H17NO3Si/c1-17(2,3)10-7-5-4-6-9(10)12(16)13-8-11(14)15/h4-7H,8H2,1-3H3,(H,13,16)(H,14,15). The normalized spacial score (nSPS) is 11.0. The molecule has 0 aliphatic rings. The van der Waals surface area contributed by atoms with Crippen LogP contribution in [0.1, 0.15) is 10.4 Å². The van der Waals surface area contributed by atoms with E-state index in [1.54, 1.807) is 12.1 Å². The molecule has 0 saturated carbocycles. The van der Waals surface area contributed by atoms with Gasteiger partial charge in [-0.15, -0.1) is 0 Å². The van der Waals surface area contributed by atoms with Gasteiger partial charge in [-0.25, -0.2) is 0 Å². The van der Waals surface area contributed by atoms with Crippen molar-refractivity contribution < 1.29 is 14.7 Å². The smallest absolute Gasteiger partial charge is 0.322 e. The zero-order valence-electron chi connectivity index (χ0n) is 10.3. The van der Waals surface area contributed by atoms with E-state index in [-0.39, 0.29) is 12.5 Å². The first kappa shape index (κ1) is 13.4. The molecule has 17 heavy (non-hydrogen) atoms. The Morgan fingerprint density at radius 2 is 1.82 bits per heavy atom. The summed E-state index contributed by atoms with van der Waals surface area (Å²) in [6.07, 6.45) is 0. The first-order valence-corrected chi connectivity index (χ1v) is 8.92. The maximum Gasteiger partial charge on any atom is 0.322 e. The van der Waals surface area contributed by atoms with Crippen molar-refractivity contribution >= 4 is 25.1 Å². The molecule has 92 valence electrons. The number of carboxylic acids is 1. The lowest BCUT2D eigenvalue weighted by atomic mass is 10.2. The van der Waals surface area contributed by atoms with Gasteiger partial charge in [-0.1, -0.05) is 37.8 Å². The van der Waals surface area contributed by atoms with Crippen LogP contribution in [-0.4, -0.2) is 31.6 Å². The van der Waals surface area contributed by atoms with Crippen molar-refractivity contribution in [3.63, 3.8) is 0 Å². The van der Waals surface area contributed by atoms with Crippen molar-refractivity contribution in [2.24, 2.45) is 0 Å². The molecule has 0 heterocycles. The second kappa shape index (κ2) is 5.14. The van der Waals surface area contributed by atoms with Crippen LogP contribution in [0, 0.1) is 0 Å². The molecule has 1 rings (SSSR count). The Hall–Kier alpha value is -1.62. The van der Waals surface area contributed by atoms with Gasteiger partial charge in [-0.3, -0.25) is 9.59 Å². The van der Waals surface area contributed by atoms with Crippen LogP contribution in [0.3, 0.4) is 0 Å². The second-order valence-corrected chi connectivity index (χ2v) is 9.91. The summed E-state index contributed by atoms with van der Waals surface area (Å²) in [5.41, 5.74) is 0.591. The van der Waals surface area contributed by atoms with E-state index in [1.165, 1.54) is 0 Å². The predicted molar refractivity (Wildman–Crippen MR) is 69.4 cm³/mol. The maximum absolute atomic E-state index is 11.9. The Balaban J connectivity index is 2.98. The van der Waals surface area contributed by atoms with E-state index in [4.69, 9.17) is 5.11 Å². The average Bonchev–Trinajstić information content (AvgIpc) is 2.24. The van der Waals surface area contributed by atoms with Crippen LogP contribution in [0.4, 0.5) is 0 Å². The second-order valence-electron chi connectivity index (χ2n) is 4.87. The molecule has 0 aliphatic heterocycles. The van der Waals surface area contributed by atoms with Crippen LogP contribution in [-0.2, 0) is 4.79 Å². The summed E-state index contributed by atoms with van der Waals surface area (Å²) in [6.45, 7) is 6.10. The van der Waals surface area contributed by atoms with Crippen molar-refractivity contribution in [3.8, 4) is 0 Å². The first-order chi connectivity index (χ1) is 7.82. The van der Waals surface area contributed by atoms with Crippen LogP contribution in [0.5, 0.6) is 0 Å². The van der Waals surface area contributed by atoms with Crippen molar-refractivity contribution in [3.05, 3.63) is 29.8 Å². The summed E-state index contributed by atoms with van der Waals surface area (Å²) < 4.78 is 0. The van der Waals surface area contributed by atoms with Gasteiger partial charge in [0.2, 0.25) is 0 Å². The topological polar surface area (TPSA) is 66.4 Å². The number of benzene rings is 1. The maximum atomic E-state index is 11.9. The minimum atomic E-state index is -1.61. The fraction of sp³-hybridized carbons (Fsp3) is 0.333. The summed E-state index contributed by atoms with van der Waals surface area (Å²) >= 11 is 0. The van der Waals surface area contributed by atoms with Gasteiger partial charge in [0.1, 0.15) is 6.54 Å². The van der Waals surface area contributed by atoms with Crippen LogP contribution < -0.4 is 10.5 Å². The summed E-state index contributed by atoms with van der Waals surface area (Å²) in [4.78, 5) is 22.3. The number of carboxylic acid groups (broad SMARTS) is 1. The van der Waals surface area contributed by atoms with Gasteiger partial charge in [0.25, 0.3) is 5.91 Å². The fourth-order valence-electron chi connectivity index (χ4n) is 1.59. The van der Waals surface area contributed by atoms with Crippen LogP contribution in [0.2, 0.25) is 19.6 Å². The Morgan fingerprint density at radius 1 is 1.24 bits per heavy atom. The lowest BCUT2D eigenvalue weighted by Gasteiger charge is -2.20. The van der Waals surface area contributed by atoms with Crippen LogP contribution in [0.25, 0.3) is 0 Å². The van der Waals surface area contributed by atoms with Crippen molar-refractivity contribution in [1.82, 2.24) is 5.32 Å². The summed E-state index contributed by atoms with van der Waals surface area (Å²) in [6, 6.07) is 7.38. The van der Waals surface area contributed by atoms with E-state index in [2.05, 4.69) is 25.0 Å². The minimum absolute atomic E-state index is 0.314. The summed E-state index contributed by atoms with van der Waals surface area (Å²) in [5.74, 6) is -1.35. The van der Waals surface area contributed by atoms with E-state index < -0.39 is 14.0 Å². The molecular formula is C12H17NO3Si. The van der Waals surface area contributed by atoms with Crippen molar-refractivity contribution in [2.45, 2.75) is 19.6 Å². The number of hydrogen-bond donors (Lipinski definition) is 2. The van der Waals surface area contributed by atoms with Gasteiger partial charge in [0.15, 0.2) is 0 Å². The largest absolute Gasteiger partial charge is 0.480 e. The number of nitrogens with one attached hydrogen (secondary N) is 1. The number of amides is 1. The van der Waals surface area contributed by atoms with Crippen LogP contribution >= 0.6 is 0 Å². The number of carbonyl (C=O) groups is 2. The minimum Gasteiger partial charge on any atom is -0.480 e. The van der Waals surface area contributed by atoms with Gasteiger partial charge in [-0.05, 0) is 11.3 Å². The Morgan fingerprint density at radius 3 is 2.35 bits per heavy atom. The molecule has 0 bridgehead atoms. The zero-order valence-corrected chi connectivity index (χ0v) is 11.3. The number of carbonyl (C=O) groups excluding carboxylic acids is 1. The summed E-state index contributed by atoms with van der Waals surface area (Å²) in [5, 5.41) is 12.0. The van der Waals surface area contributed by atoms with E-state index in [0.29, 0.717) is 5.56 Å². The van der Waals surface area contributed by atoms with E-state index >= 15 is 0 Å². The highest BCUT2D eigenvalue weighted by Crippen LogP contribution is 2.07. The number of rotatable bonds is 4. The molecule has 1 aromatic rings. The summed E-state index contributed by atoms with van der Waals surface area (Å²) in [7, 11) is -1.61. The van der Waals surface area contributed by atoms with Gasteiger partial charge in [0, 0.05) is 5.56 Å². The molecule has 1 aromatic carbocycles. The van der Waals surface area contributed by atoms with Crippen LogP contribution in [0.15, 0.2) is 24.3 Å². The molecule has 1 amide bonds. The molecular weight excluding hydrogens is 234 g/mol. The Labute approximate surface area is 102 Å². The highest BCUT2D eigenvalue weighted by molar-refractivity contribution is 6.89. The quantitative estimate of drug-likeness (QED) is 0.786. The van der Waals surface area contributed by atoms with Gasteiger partial charge in [0.05, 0.1) is 8.07 Å². The highest BCUT2D eigenvalue weighted by Gasteiger charge is 2.22. The highest BCUT2D eigenvalue weighted by atomic mass is 28.3. The lowest BCUT2D eigenvalue weighted by Crippen LogP contribution is -2.43. The first-order valence-electron chi connectivity index (χ1n) is 5.42. The molecule has 5 heteroatoms. The molecule has 0 unspecified atom stereocenters. The van der Waals surface area contributed by atoms with E-state index in [0.717, 1.165) is 5.19 Å². The average molecular weight is 251 g/mol. The monoisotopic (exact) mass is 251 g/mol. The molecule has 0 aliphatic carbocycles. The number of hydrogen-bond acceptors (Lipinski definition) is 2. The molecule has 2 N–H and O–H groups in total. The third-order valence-electron chi connectivity index (χ3n) is 2.38. The third kappa shape index (κ3) is 3.71. The Bertz CT molecular complexity index is 438. The zero-order chi connectivity index (χ0) is 13.1. The number of aliphatic carboxylic acids is 1. The lowest BCUT2D eigenvalue weighted by molar-refractivity contribution is -0.135. The van der Waals surface area contributed by atoms with E-state index in [9.17, 15) is 9.59 Å². The SMILES string of the molecule is C[Si](C)(C)c1ccccc1C(=O)NCC(=O)O. The molecule has 0 spiro atoms. The molecule has 0 aromatic heterocycles. The molecule has 0 saturated heterocycles. The van der Waals surface area contributed by atoms with Crippen molar-refractivity contribution in [2.75, 3.05) is 6.54 Å². The third-order valence-corrected chi connectivity index (χ3v) is 4.43. The molecule has 4 nitrogen and oxygen atoms in total. The molecule has 0 atom stereocenters. The predicted octanol–water partition coefficient (Wildman–Crippen LogP) is 1.05. The van der Waals surface area contributed by atoms with E-state index in [1.807, 2.05) is 12.1 Å². The molecule has 0 radical (unpaired) electrons. The Kier molecular flexibility index (Phi) is 4.06. The van der Waals surface area contributed by atoms with Gasteiger partial charge >= 0.3 is 5.97 Å².